The van der Waals surface area contributed by atoms with Gasteiger partial charge in [-0.05, 0) is 55.1 Å². The van der Waals surface area contributed by atoms with E-state index >= 15 is 0 Å². The summed E-state index contributed by atoms with van der Waals surface area (Å²) in [5.41, 5.74) is 0.757. The molecule has 3 aliphatic carbocycles. The van der Waals surface area contributed by atoms with Gasteiger partial charge in [-0.15, -0.1) is 0 Å². The highest BCUT2D eigenvalue weighted by Gasteiger charge is 2.67. The van der Waals surface area contributed by atoms with Crippen LogP contribution in [0.15, 0.2) is 24.3 Å². The highest BCUT2D eigenvalue weighted by molar-refractivity contribution is 5.95. The zero-order valence-corrected chi connectivity index (χ0v) is 11.8. The number of rotatable bonds is 4. The summed E-state index contributed by atoms with van der Waals surface area (Å²) in [5.74, 6) is 3.94. The van der Waals surface area contributed by atoms with Crippen molar-refractivity contribution in [2.24, 2.45) is 29.6 Å². The van der Waals surface area contributed by atoms with Gasteiger partial charge in [-0.2, -0.15) is 5.26 Å². The van der Waals surface area contributed by atoms with Crippen LogP contribution in [0.25, 0.3) is 0 Å². The monoisotopic (exact) mass is 282 g/mol. The minimum atomic E-state index is 0.0214. The number of anilines is 1. The Hall–Kier alpha value is -2.02. The van der Waals surface area contributed by atoms with Gasteiger partial charge in [-0.1, -0.05) is 6.07 Å². The second-order valence-electron chi connectivity index (χ2n) is 6.48. The van der Waals surface area contributed by atoms with Crippen LogP contribution < -0.4 is 10.1 Å². The van der Waals surface area contributed by atoms with Gasteiger partial charge in [-0.3, -0.25) is 4.79 Å². The topological polar surface area (TPSA) is 62.1 Å². The lowest BCUT2D eigenvalue weighted by molar-refractivity contribution is -0.118. The van der Waals surface area contributed by atoms with E-state index in [1.54, 1.807) is 12.1 Å². The molecule has 108 valence electrons. The summed E-state index contributed by atoms with van der Waals surface area (Å²) < 4.78 is 5.26. The number of carbonyl (C=O) groups excluding carboxylic acids is 1. The van der Waals surface area contributed by atoms with Crippen LogP contribution in [0, 0.1) is 40.9 Å². The van der Waals surface area contributed by atoms with Gasteiger partial charge in [0.1, 0.15) is 11.8 Å². The maximum atomic E-state index is 12.4. The number of nitriles is 1. The first-order chi connectivity index (χ1) is 10.3. The van der Waals surface area contributed by atoms with Crippen LogP contribution in [-0.4, -0.2) is 12.5 Å². The number of hydrogen-bond acceptors (Lipinski definition) is 3. The van der Waals surface area contributed by atoms with E-state index in [1.807, 2.05) is 18.2 Å². The number of nitrogens with one attached hydrogen (secondary N) is 1. The van der Waals surface area contributed by atoms with Gasteiger partial charge >= 0.3 is 0 Å². The standard InChI is InChI=1S/C17H18N2O2/c18-6-7-21-13-3-1-2-12(9-13)19-17(20)16-14-10-4-5-11(8-10)15(14)16/h1-3,9-11,14-16H,4-5,7-8H2,(H,19,20). The molecule has 4 unspecified atom stereocenters. The molecule has 4 heteroatoms. The summed E-state index contributed by atoms with van der Waals surface area (Å²) >= 11 is 0. The Balaban J connectivity index is 1.40. The zero-order valence-electron chi connectivity index (χ0n) is 11.8. The van der Waals surface area contributed by atoms with Crippen LogP contribution in [0.2, 0.25) is 0 Å². The average molecular weight is 282 g/mol. The quantitative estimate of drug-likeness (QED) is 0.923. The molecule has 3 saturated carbocycles. The molecule has 0 aromatic heterocycles. The van der Waals surface area contributed by atoms with Gasteiger partial charge in [0.15, 0.2) is 6.61 Å². The second-order valence-corrected chi connectivity index (χ2v) is 6.48. The van der Waals surface area contributed by atoms with Crippen LogP contribution in [0.1, 0.15) is 19.3 Å². The van der Waals surface area contributed by atoms with Crippen molar-refractivity contribution in [1.29, 1.82) is 5.26 Å². The van der Waals surface area contributed by atoms with Crippen molar-refractivity contribution in [3.05, 3.63) is 24.3 Å². The molecule has 0 spiro atoms. The fourth-order valence-electron chi connectivity index (χ4n) is 4.68. The first-order valence-corrected chi connectivity index (χ1v) is 7.68. The third kappa shape index (κ3) is 2.08. The SMILES string of the molecule is N#CCOc1cccc(NC(=O)C2C3C4CCC(C4)C23)c1. The third-order valence-corrected chi connectivity index (χ3v) is 5.44. The second kappa shape index (κ2) is 4.77. The molecule has 3 fully saturated rings. The van der Waals surface area contributed by atoms with E-state index < -0.39 is 0 Å². The van der Waals surface area contributed by atoms with E-state index in [1.165, 1.54) is 19.3 Å². The summed E-state index contributed by atoms with van der Waals surface area (Å²) in [7, 11) is 0. The van der Waals surface area contributed by atoms with Crippen molar-refractivity contribution < 1.29 is 9.53 Å². The molecule has 2 bridgehead atoms. The van der Waals surface area contributed by atoms with Crippen LogP contribution >= 0.6 is 0 Å². The van der Waals surface area contributed by atoms with Crippen molar-refractivity contribution in [2.75, 3.05) is 11.9 Å². The van der Waals surface area contributed by atoms with Crippen molar-refractivity contribution in [1.82, 2.24) is 0 Å². The Morgan fingerprint density at radius 3 is 2.81 bits per heavy atom. The number of amides is 1. The molecule has 4 rings (SSSR count). The first kappa shape index (κ1) is 12.7. The molecule has 21 heavy (non-hydrogen) atoms. The molecule has 1 aromatic rings. The molecule has 1 amide bonds. The smallest absolute Gasteiger partial charge is 0.228 e. The van der Waals surface area contributed by atoms with Crippen LogP contribution in [0.5, 0.6) is 5.75 Å². The van der Waals surface area contributed by atoms with E-state index in [2.05, 4.69) is 5.32 Å². The fourth-order valence-corrected chi connectivity index (χ4v) is 4.68. The zero-order chi connectivity index (χ0) is 14.4. The van der Waals surface area contributed by atoms with Gasteiger partial charge in [0.2, 0.25) is 5.91 Å². The molecule has 3 aliphatic rings. The van der Waals surface area contributed by atoms with Gasteiger partial charge in [0.05, 0.1) is 0 Å². The maximum Gasteiger partial charge on any atom is 0.228 e. The molecule has 4 nitrogen and oxygen atoms in total. The van der Waals surface area contributed by atoms with Crippen molar-refractivity contribution >= 4 is 11.6 Å². The molecule has 0 aliphatic heterocycles. The van der Waals surface area contributed by atoms with Crippen LogP contribution in [-0.2, 0) is 4.79 Å². The van der Waals surface area contributed by atoms with Gasteiger partial charge in [-0.25, -0.2) is 0 Å². The van der Waals surface area contributed by atoms with E-state index in [0.29, 0.717) is 17.6 Å². The van der Waals surface area contributed by atoms with Crippen LogP contribution in [0.3, 0.4) is 0 Å². The number of benzene rings is 1. The number of nitrogens with zero attached hydrogens (tertiary/aromatic N) is 1. The molecule has 0 radical (unpaired) electrons. The highest BCUT2D eigenvalue weighted by Crippen LogP contribution is 2.69. The minimum absolute atomic E-state index is 0.0214. The summed E-state index contributed by atoms with van der Waals surface area (Å²) in [6.45, 7) is 0.0214. The van der Waals surface area contributed by atoms with Gasteiger partial charge in [0, 0.05) is 17.7 Å². The molecule has 0 heterocycles. The van der Waals surface area contributed by atoms with Crippen molar-refractivity contribution in [2.45, 2.75) is 19.3 Å². The van der Waals surface area contributed by atoms with E-state index in [0.717, 1.165) is 17.5 Å². The molecule has 0 saturated heterocycles. The summed E-state index contributed by atoms with van der Waals surface area (Å²) in [4.78, 5) is 12.4. The molecule has 4 atom stereocenters. The predicted octanol–water partition coefficient (Wildman–Crippen LogP) is 2.82. The Labute approximate surface area is 124 Å². The maximum absolute atomic E-state index is 12.4. The summed E-state index contributed by atoms with van der Waals surface area (Å²) in [6, 6.07) is 9.21. The van der Waals surface area contributed by atoms with Gasteiger partial charge < -0.3 is 10.1 Å². The lowest BCUT2D eigenvalue weighted by Gasteiger charge is -2.10. The number of hydrogen-bond donors (Lipinski definition) is 1. The largest absolute Gasteiger partial charge is 0.479 e. The number of fused-ring (bicyclic) bond motifs is 5. The van der Waals surface area contributed by atoms with E-state index in [9.17, 15) is 4.79 Å². The molecular weight excluding hydrogens is 264 g/mol. The molecule has 1 aromatic carbocycles. The highest BCUT2D eigenvalue weighted by atomic mass is 16.5. The Bertz CT molecular complexity index is 605. The van der Waals surface area contributed by atoms with Gasteiger partial charge in [0.25, 0.3) is 0 Å². The predicted molar refractivity (Wildman–Crippen MR) is 77.5 cm³/mol. The average Bonchev–Trinajstić information content (AvgIpc) is 2.94. The Morgan fingerprint density at radius 2 is 2.10 bits per heavy atom. The van der Waals surface area contributed by atoms with Crippen molar-refractivity contribution in [3.63, 3.8) is 0 Å². The number of carbonyl (C=O) groups is 1. The lowest BCUT2D eigenvalue weighted by atomic mass is 10.0. The van der Waals surface area contributed by atoms with E-state index in [4.69, 9.17) is 10.00 Å². The van der Waals surface area contributed by atoms with Crippen molar-refractivity contribution in [3.8, 4) is 11.8 Å². The fraction of sp³-hybridized carbons (Fsp3) is 0.529. The van der Waals surface area contributed by atoms with Crippen LogP contribution in [0.4, 0.5) is 5.69 Å². The Kier molecular flexibility index (Phi) is 2.88. The molecular formula is C17H18N2O2. The lowest BCUT2D eigenvalue weighted by Crippen LogP contribution is -2.18. The number of ether oxygens (including phenoxy) is 1. The summed E-state index contributed by atoms with van der Waals surface area (Å²) in [5, 5.41) is 11.5. The van der Waals surface area contributed by atoms with E-state index in [-0.39, 0.29) is 18.4 Å². The normalized spacial score (nSPS) is 34.9. The molecule has 1 N–H and O–H groups in total. The minimum Gasteiger partial charge on any atom is -0.479 e. The summed E-state index contributed by atoms with van der Waals surface area (Å²) in [6.07, 6.45) is 4.01. The first-order valence-electron chi connectivity index (χ1n) is 7.68. The third-order valence-electron chi connectivity index (χ3n) is 5.44. The Morgan fingerprint density at radius 1 is 1.33 bits per heavy atom.